The van der Waals surface area contributed by atoms with E-state index < -0.39 is 0 Å². The summed E-state index contributed by atoms with van der Waals surface area (Å²) >= 11 is 6.19. The number of H-pyrrole nitrogens is 1. The lowest BCUT2D eigenvalue weighted by Gasteiger charge is -2.27. The molecule has 1 saturated carbocycles. The SMILES string of the molecule is Cc1cc(C)nc(C2CCC(c3n[nH]c4c3-c3ncc(Cl)cc3CNC4)CC2)n1.Cl. The zero-order chi connectivity index (χ0) is 20.0. The first-order chi connectivity index (χ1) is 14.1. The summed E-state index contributed by atoms with van der Waals surface area (Å²) in [6.45, 7) is 5.63. The van der Waals surface area contributed by atoms with Crippen LogP contribution in [0, 0.1) is 13.8 Å². The summed E-state index contributed by atoms with van der Waals surface area (Å²) in [7, 11) is 0. The van der Waals surface area contributed by atoms with Gasteiger partial charge in [-0.2, -0.15) is 5.10 Å². The molecule has 0 amide bonds. The average molecular weight is 445 g/mol. The molecule has 6 nitrogen and oxygen atoms in total. The molecule has 0 saturated heterocycles. The summed E-state index contributed by atoms with van der Waals surface area (Å²) in [5.41, 5.74) is 7.71. The molecule has 8 heteroatoms. The summed E-state index contributed by atoms with van der Waals surface area (Å²) in [6, 6.07) is 4.05. The highest BCUT2D eigenvalue weighted by molar-refractivity contribution is 6.30. The van der Waals surface area contributed by atoms with E-state index >= 15 is 0 Å². The van der Waals surface area contributed by atoms with Crippen molar-refractivity contribution in [3.05, 3.63) is 57.5 Å². The number of nitrogens with zero attached hydrogens (tertiary/aromatic N) is 4. The highest BCUT2D eigenvalue weighted by Gasteiger charge is 2.31. The predicted octanol–water partition coefficient (Wildman–Crippen LogP) is 5.00. The molecule has 1 aliphatic heterocycles. The van der Waals surface area contributed by atoms with Crippen LogP contribution in [-0.2, 0) is 13.1 Å². The third-order valence-corrected chi connectivity index (χ3v) is 6.34. The molecule has 0 aromatic carbocycles. The highest BCUT2D eigenvalue weighted by atomic mass is 35.5. The van der Waals surface area contributed by atoms with Crippen molar-refractivity contribution < 1.29 is 0 Å². The number of hydrogen-bond donors (Lipinski definition) is 2. The number of aromatic nitrogens is 5. The maximum Gasteiger partial charge on any atom is 0.131 e. The van der Waals surface area contributed by atoms with Gasteiger partial charge in [0.15, 0.2) is 0 Å². The van der Waals surface area contributed by atoms with Crippen LogP contribution in [0.2, 0.25) is 5.02 Å². The summed E-state index contributed by atoms with van der Waals surface area (Å²) < 4.78 is 0. The van der Waals surface area contributed by atoms with Crippen molar-refractivity contribution in [2.75, 3.05) is 0 Å². The van der Waals surface area contributed by atoms with Crippen molar-refractivity contribution in [1.29, 1.82) is 0 Å². The summed E-state index contributed by atoms with van der Waals surface area (Å²) in [4.78, 5) is 14.1. The molecule has 5 rings (SSSR count). The Balaban J connectivity index is 0.00000218. The van der Waals surface area contributed by atoms with Crippen LogP contribution in [0.15, 0.2) is 18.3 Å². The molecular weight excluding hydrogens is 419 g/mol. The van der Waals surface area contributed by atoms with Crippen molar-refractivity contribution in [3.8, 4) is 11.3 Å². The Hall–Kier alpha value is -2.02. The normalized spacial score (nSPS) is 20.6. The van der Waals surface area contributed by atoms with Crippen molar-refractivity contribution in [2.45, 2.75) is 64.5 Å². The van der Waals surface area contributed by atoms with Gasteiger partial charge in [-0.25, -0.2) is 9.97 Å². The Bertz CT molecular complexity index is 1040. The molecule has 0 bridgehead atoms. The fourth-order valence-corrected chi connectivity index (χ4v) is 4.99. The van der Waals surface area contributed by atoms with Gasteiger partial charge in [0.1, 0.15) is 5.82 Å². The second-order valence-electron chi connectivity index (χ2n) is 8.28. The Morgan fingerprint density at radius 3 is 2.40 bits per heavy atom. The van der Waals surface area contributed by atoms with E-state index in [1.165, 1.54) is 5.56 Å². The van der Waals surface area contributed by atoms with E-state index in [0.29, 0.717) is 16.9 Å². The zero-order valence-corrected chi connectivity index (χ0v) is 18.8. The van der Waals surface area contributed by atoms with E-state index in [0.717, 1.165) is 78.6 Å². The lowest BCUT2D eigenvalue weighted by atomic mass is 9.78. The summed E-state index contributed by atoms with van der Waals surface area (Å²) in [5.74, 6) is 1.88. The van der Waals surface area contributed by atoms with Gasteiger partial charge in [0.25, 0.3) is 0 Å². The standard InChI is InChI=1S/C22H25ClN6.ClH/c1-12-7-13(2)27-22(26-12)15-5-3-14(4-6-15)21-19-18(28-29-21)11-24-9-16-8-17(23)10-25-20(16)19;/h7-8,10,14-15,24H,3-6,9,11H2,1-2H3,(H,28,29);1H. The zero-order valence-electron chi connectivity index (χ0n) is 17.2. The van der Waals surface area contributed by atoms with Crippen LogP contribution < -0.4 is 5.32 Å². The number of fused-ring (bicyclic) bond motifs is 3. The molecule has 1 fully saturated rings. The molecule has 158 valence electrons. The van der Waals surface area contributed by atoms with Gasteiger partial charge in [-0.1, -0.05) is 11.6 Å². The monoisotopic (exact) mass is 444 g/mol. The number of rotatable bonds is 2. The lowest BCUT2D eigenvalue weighted by molar-refractivity contribution is 0.380. The van der Waals surface area contributed by atoms with Gasteiger partial charge in [-0.15, -0.1) is 12.4 Å². The minimum atomic E-state index is 0. The molecule has 0 radical (unpaired) electrons. The molecule has 0 spiro atoms. The molecule has 4 heterocycles. The van der Waals surface area contributed by atoms with Crippen LogP contribution in [0.5, 0.6) is 0 Å². The fraction of sp³-hybridized carbons (Fsp3) is 0.455. The van der Waals surface area contributed by atoms with E-state index in [-0.39, 0.29) is 12.4 Å². The summed E-state index contributed by atoms with van der Waals surface area (Å²) in [6.07, 6.45) is 6.10. The molecule has 2 N–H and O–H groups in total. The lowest BCUT2D eigenvalue weighted by Crippen LogP contribution is -2.16. The fourth-order valence-electron chi connectivity index (χ4n) is 4.81. The Labute approximate surface area is 187 Å². The number of pyridine rings is 1. The van der Waals surface area contributed by atoms with Crippen molar-refractivity contribution in [1.82, 2.24) is 30.5 Å². The minimum Gasteiger partial charge on any atom is -0.307 e. The van der Waals surface area contributed by atoms with Crippen LogP contribution >= 0.6 is 24.0 Å². The van der Waals surface area contributed by atoms with Crippen LogP contribution in [0.4, 0.5) is 0 Å². The summed E-state index contributed by atoms with van der Waals surface area (Å²) in [5, 5.41) is 12.1. The van der Waals surface area contributed by atoms with Crippen molar-refractivity contribution >= 4 is 24.0 Å². The number of nitrogens with one attached hydrogen (secondary N) is 2. The molecule has 1 aliphatic carbocycles. The number of aromatic amines is 1. The minimum absolute atomic E-state index is 0. The van der Waals surface area contributed by atoms with Crippen molar-refractivity contribution in [2.24, 2.45) is 0 Å². The smallest absolute Gasteiger partial charge is 0.131 e. The van der Waals surface area contributed by atoms with Crippen LogP contribution in [0.1, 0.15) is 71.7 Å². The Kier molecular flexibility index (Phi) is 6.09. The van der Waals surface area contributed by atoms with Crippen LogP contribution in [0.25, 0.3) is 11.3 Å². The third kappa shape index (κ3) is 3.96. The van der Waals surface area contributed by atoms with E-state index in [4.69, 9.17) is 26.7 Å². The van der Waals surface area contributed by atoms with Gasteiger partial charge in [0.2, 0.25) is 0 Å². The molecule has 3 aromatic heterocycles. The van der Waals surface area contributed by atoms with Gasteiger partial charge in [-0.05, 0) is 57.2 Å². The third-order valence-electron chi connectivity index (χ3n) is 6.14. The maximum absolute atomic E-state index is 6.19. The van der Waals surface area contributed by atoms with Crippen molar-refractivity contribution in [3.63, 3.8) is 0 Å². The first-order valence-corrected chi connectivity index (χ1v) is 10.7. The van der Waals surface area contributed by atoms with E-state index in [1.807, 2.05) is 26.0 Å². The van der Waals surface area contributed by atoms with Gasteiger partial charge in [-0.3, -0.25) is 10.1 Å². The number of aryl methyl sites for hydroxylation is 2. The van der Waals surface area contributed by atoms with Gasteiger partial charge in [0, 0.05) is 48.1 Å². The molecule has 2 aliphatic rings. The molecule has 0 atom stereocenters. The predicted molar refractivity (Wildman–Crippen MR) is 120 cm³/mol. The molecule has 0 unspecified atom stereocenters. The van der Waals surface area contributed by atoms with Gasteiger partial charge >= 0.3 is 0 Å². The Morgan fingerprint density at radius 2 is 1.67 bits per heavy atom. The highest BCUT2D eigenvalue weighted by Crippen LogP contribution is 2.43. The number of halogens is 2. The maximum atomic E-state index is 6.19. The van der Waals surface area contributed by atoms with E-state index in [1.54, 1.807) is 6.20 Å². The van der Waals surface area contributed by atoms with Crippen LogP contribution in [0.3, 0.4) is 0 Å². The molecule has 3 aromatic rings. The quantitative estimate of drug-likeness (QED) is 0.581. The Morgan fingerprint density at radius 1 is 0.967 bits per heavy atom. The van der Waals surface area contributed by atoms with E-state index in [9.17, 15) is 0 Å². The molecule has 30 heavy (non-hydrogen) atoms. The van der Waals surface area contributed by atoms with E-state index in [2.05, 4.69) is 15.4 Å². The first kappa shape index (κ1) is 21.2. The van der Waals surface area contributed by atoms with Gasteiger partial charge < -0.3 is 5.32 Å². The number of hydrogen-bond acceptors (Lipinski definition) is 5. The molecular formula is C22H26Cl2N6. The van der Waals surface area contributed by atoms with Crippen LogP contribution in [-0.4, -0.2) is 25.1 Å². The first-order valence-electron chi connectivity index (χ1n) is 10.3. The largest absolute Gasteiger partial charge is 0.307 e. The average Bonchev–Trinajstić information content (AvgIpc) is 3.03. The second-order valence-corrected chi connectivity index (χ2v) is 8.72. The second kappa shape index (κ2) is 8.61. The van der Waals surface area contributed by atoms with Gasteiger partial charge in [0.05, 0.1) is 22.1 Å². The topological polar surface area (TPSA) is 79.4 Å².